The van der Waals surface area contributed by atoms with E-state index < -0.39 is 0 Å². The zero-order valence-corrected chi connectivity index (χ0v) is 11.4. The fourth-order valence-electron chi connectivity index (χ4n) is 1.37. The van der Waals surface area contributed by atoms with Gasteiger partial charge in [0.05, 0.1) is 5.38 Å². The third kappa shape index (κ3) is 3.15. The van der Waals surface area contributed by atoms with Crippen molar-refractivity contribution >= 4 is 23.2 Å². The second kappa shape index (κ2) is 5.59. The van der Waals surface area contributed by atoms with Crippen LogP contribution in [0.5, 0.6) is 5.75 Å². The Bertz CT molecular complexity index is 528. The Balaban J connectivity index is 2.09. The molecule has 2 aromatic rings. The van der Waals surface area contributed by atoms with Crippen molar-refractivity contribution in [2.75, 3.05) is 0 Å². The summed E-state index contributed by atoms with van der Waals surface area (Å²) in [5.74, 6) is 1.49. The second-order valence-corrected chi connectivity index (χ2v) is 4.92. The van der Waals surface area contributed by atoms with E-state index in [2.05, 4.69) is 10.1 Å². The van der Waals surface area contributed by atoms with E-state index in [4.69, 9.17) is 32.5 Å². The summed E-state index contributed by atoms with van der Waals surface area (Å²) in [4.78, 5) is 4.16. The van der Waals surface area contributed by atoms with Crippen LogP contribution in [0, 0.1) is 0 Å². The fraction of sp³-hybridized carbons (Fsp3) is 0.333. The number of ether oxygens (including phenoxy) is 1. The second-order valence-electron chi connectivity index (χ2n) is 3.82. The van der Waals surface area contributed by atoms with Crippen molar-refractivity contribution in [3.63, 3.8) is 0 Å². The van der Waals surface area contributed by atoms with Crippen LogP contribution in [0.1, 0.15) is 37.0 Å². The average molecular weight is 287 g/mol. The molecule has 0 N–H and O–H groups in total. The molecule has 1 aromatic carbocycles. The van der Waals surface area contributed by atoms with Gasteiger partial charge in [0, 0.05) is 5.02 Å². The van der Waals surface area contributed by atoms with Gasteiger partial charge in [-0.1, -0.05) is 22.8 Å². The highest BCUT2D eigenvalue weighted by Crippen LogP contribution is 2.24. The Morgan fingerprint density at radius 2 is 2.11 bits per heavy atom. The quantitative estimate of drug-likeness (QED) is 0.792. The number of hydrogen-bond donors (Lipinski definition) is 0. The Kier molecular flexibility index (Phi) is 4.09. The topological polar surface area (TPSA) is 48.2 Å². The van der Waals surface area contributed by atoms with Crippen LogP contribution in [0.4, 0.5) is 0 Å². The molecule has 0 aliphatic rings. The molecule has 2 atom stereocenters. The molecule has 2 unspecified atom stereocenters. The average Bonchev–Trinajstić information content (AvgIpc) is 2.78. The van der Waals surface area contributed by atoms with Gasteiger partial charge in [0.25, 0.3) is 5.89 Å². The van der Waals surface area contributed by atoms with Crippen LogP contribution in [0.25, 0.3) is 0 Å². The molecule has 1 heterocycles. The summed E-state index contributed by atoms with van der Waals surface area (Å²) in [5, 5.41) is 4.09. The SMILES string of the molecule is CC(Cl)c1noc(C(C)Oc2cccc(Cl)c2)n1. The first kappa shape index (κ1) is 13.2. The van der Waals surface area contributed by atoms with Gasteiger partial charge in [0.15, 0.2) is 11.9 Å². The normalized spacial score (nSPS) is 14.2. The standard InChI is InChI=1S/C12H12Cl2N2O2/c1-7(13)11-15-12(18-16-11)8(2)17-10-5-3-4-9(14)6-10/h3-8H,1-2H3. The summed E-state index contributed by atoms with van der Waals surface area (Å²) in [5.41, 5.74) is 0. The maximum Gasteiger partial charge on any atom is 0.267 e. The highest BCUT2D eigenvalue weighted by molar-refractivity contribution is 6.30. The first-order valence-corrected chi connectivity index (χ1v) is 6.27. The van der Waals surface area contributed by atoms with Gasteiger partial charge in [-0.2, -0.15) is 4.98 Å². The van der Waals surface area contributed by atoms with Gasteiger partial charge in [0.2, 0.25) is 0 Å². The number of alkyl halides is 1. The number of nitrogens with zero attached hydrogens (tertiary/aromatic N) is 2. The van der Waals surface area contributed by atoms with E-state index >= 15 is 0 Å². The Morgan fingerprint density at radius 3 is 2.72 bits per heavy atom. The van der Waals surface area contributed by atoms with Gasteiger partial charge in [0.1, 0.15) is 5.75 Å². The number of halogens is 2. The first-order valence-electron chi connectivity index (χ1n) is 5.46. The van der Waals surface area contributed by atoms with E-state index in [1.54, 1.807) is 19.1 Å². The third-order valence-corrected chi connectivity index (χ3v) is 2.70. The molecule has 0 amide bonds. The minimum atomic E-state index is -0.361. The van der Waals surface area contributed by atoms with Gasteiger partial charge in [-0.25, -0.2) is 0 Å². The van der Waals surface area contributed by atoms with E-state index in [1.165, 1.54) is 0 Å². The summed E-state index contributed by atoms with van der Waals surface area (Å²) >= 11 is 11.7. The van der Waals surface area contributed by atoms with Gasteiger partial charge in [-0.3, -0.25) is 0 Å². The van der Waals surface area contributed by atoms with Crippen molar-refractivity contribution in [1.82, 2.24) is 10.1 Å². The van der Waals surface area contributed by atoms with Crippen molar-refractivity contribution in [3.05, 3.63) is 41.0 Å². The van der Waals surface area contributed by atoms with Gasteiger partial charge in [-0.15, -0.1) is 11.6 Å². The Morgan fingerprint density at radius 1 is 1.33 bits per heavy atom. The van der Waals surface area contributed by atoms with Crippen LogP contribution < -0.4 is 4.74 Å². The van der Waals surface area contributed by atoms with Gasteiger partial charge < -0.3 is 9.26 Å². The highest BCUT2D eigenvalue weighted by atomic mass is 35.5. The zero-order valence-electron chi connectivity index (χ0n) is 9.93. The maximum atomic E-state index is 5.87. The molecule has 0 aliphatic carbocycles. The lowest BCUT2D eigenvalue weighted by molar-refractivity contribution is 0.175. The molecule has 18 heavy (non-hydrogen) atoms. The molecule has 0 aliphatic heterocycles. The molecule has 0 saturated carbocycles. The Hall–Kier alpha value is -1.26. The monoisotopic (exact) mass is 286 g/mol. The smallest absolute Gasteiger partial charge is 0.267 e. The first-order chi connectivity index (χ1) is 8.56. The fourth-order valence-corrected chi connectivity index (χ4v) is 1.64. The van der Waals surface area contributed by atoms with E-state index in [9.17, 15) is 0 Å². The van der Waals surface area contributed by atoms with Crippen LogP contribution in [-0.2, 0) is 0 Å². The highest BCUT2D eigenvalue weighted by Gasteiger charge is 2.18. The molecule has 96 valence electrons. The molecule has 0 saturated heterocycles. The number of aromatic nitrogens is 2. The summed E-state index contributed by atoms with van der Waals surface area (Å²) in [6.07, 6.45) is -0.361. The lowest BCUT2D eigenvalue weighted by atomic mass is 10.3. The third-order valence-electron chi connectivity index (χ3n) is 2.27. The summed E-state index contributed by atoms with van der Waals surface area (Å²) in [7, 11) is 0. The van der Waals surface area contributed by atoms with Crippen LogP contribution in [0.2, 0.25) is 5.02 Å². The molecule has 0 radical (unpaired) electrons. The summed E-state index contributed by atoms with van der Waals surface area (Å²) < 4.78 is 10.7. The lowest BCUT2D eigenvalue weighted by Gasteiger charge is -2.10. The molecule has 2 rings (SSSR count). The van der Waals surface area contributed by atoms with Crippen LogP contribution >= 0.6 is 23.2 Å². The molecule has 1 aromatic heterocycles. The zero-order chi connectivity index (χ0) is 13.1. The maximum absolute atomic E-state index is 5.87. The van der Waals surface area contributed by atoms with Crippen molar-refractivity contribution in [1.29, 1.82) is 0 Å². The molecule has 0 fully saturated rings. The number of benzene rings is 1. The molecular formula is C12H12Cl2N2O2. The molecule has 4 nitrogen and oxygen atoms in total. The van der Waals surface area contributed by atoms with Crippen LogP contribution in [0.3, 0.4) is 0 Å². The minimum Gasteiger partial charge on any atom is -0.481 e. The van der Waals surface area contributed by atoms with E-state index in [1.807, 2.05) is 19.1 Å². The predicted octanol–water partition coefficient (Wildman–Crippen LogP) is 4.16. The molecule has 0 spiro atoms. The van der Waals surface area contributed by atoms with E-state index in [-0.39, 0.29) is 11.5 Å². The minimum absolute atomic E-state index is 0.291. The lowest BCUT2D eigenvalue weighted by Crippen LogP contribution is -2.03. The van der Waals surface area contributed by atoms with E-state index in [0.29, 0.717) is 22.5 Å². The van der Waals surface area contributed by atoms with Crippen molar-refractivity contribution in [2.24, 2.45) is 0 Å². The number of rotatable bonds is 4. The van der Waals surface area contributed by atoms with Crippen LogP contribution in [-0.4, -0.2) is 10.1 Å². The van der Waals surface area contributed by atoms with Crippen molar-refractivity contribution in [3.8, 4) is 5.75 Å². The molecule has 6 heteroatoms. The Labute approximate surface area is 115 Å². The predicted molar refractivity (Wildman–Crippen MR) is 69.1 cm³/mol. The molecule has 0 bridgehead atoms. The molecular weight excluding hydrogens is 275 g/mol. The summed E-state index contributed by atoms with van der Waals surface area (Å²) in [6, 6.07) is 7.12. The number of hydrogen-bond acceptors (Lipinski definition) is 4. The van der Waals surface area contributed by atoms with E-state index in [0.717, 1.165) is 0 Å². The van der Waals surface area contributed by atoms with Crippen LogP contribution in [0.15, 0.2) is 28.8 Å². The summed E-state index contributed by atoms with van der Waals surface area (Å²) in [6.45, 7) is 3.59. The van der Waals surface area contributed by atoms with Crippen molar-refractivity contribution < 1.29 is 9.26 Å². The largest absolute Gasteiger partial charge is 0.481 e. The van der Waals surface area contributed by atoms with Gasteiger partial charge in [-0.05, 0) is 32.0 Å². The van der Waals surface area contributed by atoms with Crippen molar-refractivity contribution in [2.45, 2.75) is 25.3 Å². The van der Waals surface area contributed by atoms with Gasteiger partial charge >= 0.3 is 0 Å².